The van der Waals surface area contributed by atoms with E-state index in [2.05, 4.69) is 9.97 Å². The number of likely N-dealkylation sites (tertiary alicyclic amines) is 1. The van der Waals surface area contributed by atoms with E-state index in [0.717, 1.165) is 11.5 Å². The highest BCUT2D eigenvalue weighted by molar-refractivity contribution is 6.31. The third kappa shape index (κ3) is 3.12. The molecule has 8 heteroatoms. The molecule has 0 spiro atoms. The molecule has 0 bridgehead atoms. The van der Waals surface area contributed by atoms with Crippen LogP contribution in [-0.2, 0) is 0 Å². The molecule has 1 aliphatic rings. The Bertz CT molecular complexity index is 1030. The van der Waals surface area contributed by atoms with Gasteiger partial charge in [-0.05, 0) is 37.0 Å². The molecule has 5 nitrogen and oxygen atoms in total. The third-order valence-electron chi connectivity index (χ3n) is 5.09. The first kappa shape index (κ1) is 17.7. The van der Waals surface area contributed by atoms with Gasteiger partial charge in [0, 0.05) is 35.9 Å². The number of hydrogen-bond acceptors (Lipinski definition) is 3. The van der Waals surface area contributed by atoms with Gasteiger partial charge in [0.25, 0.3) is 5.91 Å². The van der Waals surface area contributed by atoms with Crippen molar-refractivity contribution in [2.24, 2.45) is 0 Å². The van der Waals surface area contributed by atoms with Crippen LogP contribution >= 0.6 is 11.6 Å². The highest BCUT2D eigenvalue weighted by Crippen LogP contribution is 2.35. The number of carbonyl (C=O) groups excluding carboxylic acids is 1. The number of anilines is 1. The Morgan fingerprint density at radius 3 is 2.74 bits per heavy atom. The summed E-state index contributed by atoms with van der Waals surface area (Å²) in [5.74, 6) is -1.38. The summed E-state index contributed by atoms with van der Waals surface area (Å²) in [6, 6.07) is 4.12. The molecule has 1 amide bonds. The number of halogens is 3. The Morgan fingerprint density at radius 2 is 2.00 bits per heavy atom. The number of rotatable bonds is 2. The first-order chi connectivity index (χ1) is 13.0. The minimum Gasteiger partial charge on any atom is -0.398 e. The fraction of sp³-hybridized carbons (Fsp3) is 0.263. The van der Waals surface area contributed by atoms with Gasteiger partial charge in [-0.25, -0.2) is 13.8 Å². The zero-order valence-corrected chi connectivity index (χ0v) is 15.1. The molecule has 1 aromatic carbocycles. The molecule has 0 aliphatic carbocycles. The zero-order chi connectivity index (χ0) is 19.1. The minimum absolute atomic E-state index is 0.0188. The van der Waals surface area contributed by atoms with Gasteiger partial charge in [-0.15, -0.1) is 0 Å². The van der Waals surface area contributed by atoms with Crippen LogP contribution in [0.25, 0.3) is 11.0 Å². The van der Waals surface area contributed by atoms with Crippen molar-refractivity contribution in [1.29, 1.82) is 0 Å². The van der Waals surface area contributed by atoms with E-state index in [0.29, 0.717) is 37.1 Å². The van der Waals surface area contributed by atoms with Crippen LogP contribution < -0.4 is 5.73 Å². The molecular weight excluding hydrogens is 374 g/mol. The lowest BCUT2D eigenvalue weighted by atomic mass is 9.87. The number of benzene rings is 1. The first-order valence-electron chi connectivity index (χ1n) is 8.61. The lowest BCUT2D eigenvalue weighted by molar-refractivity contribution is 0.0713. The van der Waals surface area contributed by atoms with E-state index < -0.39 is 5.82 Å². The van der Waals surface area contributed by atoms with Crippen molar-refractivity contribution in [3.63, 3.8) is 0 Å². The Kier molecular flexibility index (Phi) is 4.47. The second-order valence-corrected chi connectivity index (χ2v) is 7.09. The molecule has 27 heavy (non-hydrogen) atoms. The van der Waals surface area contributed by atoms with Gasteiger partial charge in [-0.1, -0.05) is 11.6 Å². The molecule has 3 N–H and O–H groups in total. The number of nitrogens with one attached hydrogen (secondary N) is 1. The summed E-state index contributed by atoms with van der Waals surface area (Å²) in [5.41, 5.74) is 7.34. The van der Waals surface area contributed by atoms with Crippen molar-refractivity contribution in [3.8, 4) is 0 Å². The second-order valence-electron chi connectivity index (χ2n) is 6.68. The molecule has 1 fully saturated rings. The van der Waals surface area contributed by atoms with Gasteiger partial charge in [0.1, 0.15) is 17.3 Å². The van der Waals surface area contributed by atoms with Gasteiger partial charge in [-0.3, -0.25) is 4.79 Å². The van der Waals surface area contributed by atoms with Crippen molar-refractivity contribution < 1.29 is 13.6 Å². The van der Waals surface area contributed by atoms with E-state index >= 15 is 0 Å². The summed E-state index contributed by atoms with van der Waals surface area (Å²) >= 11 is 5.69. The first-order valence-corrected chi connectivity index (χ1v) is 8.98. The predicted octanol–water partition coefficient (Wildman–Crippen LogP) is 4.10. The van der Waals surface area contributed by atoms with Crippen LogP contribution in [-0.4, -0.2) is 33.9 Å². The van der Waals surface area contributed by atoms with Crippen LogP contribution in [0.2, 0.25) is 5.02 Å². The number of aromatic nitrogens is 2. The minimum atomic E-state index is -0.683. The quantitative estimate of drug-likeness (QED) is 0.647. The van der Waals surface area contributed by atoms with Gasteiger partial charge in [0.15, 0.2) is 0 Å². The molecule has 140 valence electrons. The van der Waals surface area contributed by atoms with Crippen LogP contribution in [0.3, 0.4) is 0 Å². The van der Waals surface area contributed by atoms with Crippen molar-refractivity contribution in [3.05, 3.63) is 58.4 Å². The van der Waals surface area contributed by atoms with Gasteiger partial charge >= 0.3 is 0 Å². The number of carbonyl (C=O) groups is 1. The summed E-state index contributed by atoms with van der Waals surface area (Å²) in [6.45, 7) is 0.863. The average Bonchev–Trinajstić information content (AvgIpc) is 3.13. The average molecular weight is 391 g/mol. The number of nitrogens with zero attached hydrogens (tertiary/aromatic N) is 2. The fourth-order valence-corrected chi connectivity index (χ4v) is 3.88. The van der Waals surface area contributed by atoms with Crippen molar-refractivity contribution >= 4 is 34.2 Å². The number of nitrogens with two attached hydrogens (primary N) is 1. The van der Waals surface area contributed by atoms with E-state index in [1.807, 2.05) is 6.07 Å². The highest BCUT2D eigenvalue weighted by Gasteiger charge is 2.29. The predicted molar refractivity (Wildman–Crippen MR) is 99.8 cm³/mol. The molecule has 3 heterocycles. The number of hydrogen-bond donors (Lipinski definition) is 2. The molecular formula is C19H17ClF2N4O. The van der Waals surface area contributed by atoms with Crippen molar-refractivity contribution in [2.45, 2.75) is 18.8 Å². The van der Waals surface area contributed by atoms with Crippen molar-refractivity contribution in [2.75, 3.05) is 18.8 Å². The highest BCUT2D eigenvalue weighted by atomic mass is 35.5. The molecule has 3 aromatic rings. The lowest BCUT2D eigenvalue weighted by Crippen LogP contribution is -2.38. The number of nitrogen functional groups attached to an aromatic ring is 1. The van der Waals surface area contributed by atoms with E-state index in [-0.39, 0.29) is 33.9 Å². The number of piperidine rings is 1. The molecule has 0 atom stereocenters. The summed E-state index contributed by atoms with van der Waals surface area (Å²) in [4.78, 5) is 21.4. The standard InChI is InChI=1S/C19H17ClF2N4O/c20-13-8-16(23)12(7-14(13)21)19(27)26-5-2-10(3-6-26)17-11-1-4-24-18(11)25-9-15(17)22/h1,4,7-10H,2-3,5-6,23H2,(H,24,25). The normalized spacial score (nSPS) is 15.4. The van der Waals surface area contributed by atoms with Crippen LogP contribution in [0.1, 0.15) is 34.7 Å². The third-order valence-corrected chi connectivity index (χ3v) is 5.38. The van der Waals surface area contributed by atoms with Crippen molar-refractivity contribution in [1.82, 2.24) is 14.9 Å². The number of H-pyrrole nitrogens is 1. The Labute approximate surface area is 159 Å². The maximum Gasteiger partial charge on any atom is 0.256 e. The summed E-state index contributed by atoms with van der Waals surface area (Å²) in [7, 11) is 0. The number of fused-ring (bicyclic) bond motifs is 1. The SMILES string of the molecule is Nc1cc(Cl)c(F)cc1C(=O)N1CCC(c2c(F)cnc3[nH]ccc23)CC1. The summed E-state index contributed by atoms with van der Waals surface area (Å²) < 4.78 is 28.1. The zero-order valence-electron chi connectivity index (χ0n) is 14.3. The maximum atomic E-state index is 14.4. The van der Waals surface area contributed by atoms with Gasteiger partial charge in [0.2, 0.25) is 0 Å². The van der Waals surface area contributed by atoms with E-state index in [1.54, 1.807) is 11.1 Å². The lowest BCUT2D eigenvalue weighted by Gasteiger charge is -2.33. The van der Waals surface area contributed by atoms with Gasteiger partial charge < -0.3 is 15.6 Å². The van der Waals surface area contributed by atoms with E-state index in [1.165, 1.54) is 12.3 Å². The van der Waals surface area contributed by atoms with Gasteiger partial charge in [0.05, 0.1) is 16.8 Å². The van der Waals surface area contributed by atoms with E-state index in [9.17, 15) is 13.6 Å². The van der Waals surface area contributed by atoms with E-state index in [4.69, 9.17) is 17.3 Å². The molecule has 0 radical (unpaired) electrons. The Balaban J connectivity index is 1.54. The molecule has 2 aromatic heterocycles. The fourth-order valence-electron chi connectivity index (χ4n) is 3.71. The van der Waals surface area contributed by atoms with Crippen LogP contribution in [0.5, 0.6) is 0 Å². The number of pyridine rings is 1. The number of amides is 1. The molecule has 0 unspecified atom stereocenters. The number of aromatic amines is 1. The molecule has 0 saturated carbocycles. The van der Waals surface area contributed by atoms with Gasteiger partial charge in [-0.2, -0.15) is 0 Å². The van der Waals surface area contributed by atoms with Crippen LogP contribution in [0.4, 0.5) is 14.5 Å². The topological polar surface area (TPSA) is 75.0 Å². The smallest absolute Gasteiger partial charge is 0.256 e. The second kappa shape index (κ2) is 6.81. The largest absolute Gasteiger partial charge is 0.398 e. The van der Waals surface area contributed by atoms with Crippen LogP contribution in [0.15, 0.2) is 30.6 Å². The Hall–Kier alpha value is -2.67. The maximum absolute atomic E-state index is 14.4. The van der Waals surface area contributed by atoms with Crippen LogP contribution in [0, 0.1) is 11.6 Å². The monoisotopic (exact) mass is 390 g/mol. The molecule has 4 rings (SSSR count). The molecule has 1 saturated heterocycles. The molecule has 1 aliphatic heterocycles. The summed E-state index contributed by atoms with van der Waals surface area (Å²) in [6.07, 6.45) is 4.16. The Morgan fingerprint density at radius 1 is 1.26 bits per heavy atom. The summed E-state index contributed by atoms with van der Waals surface area (Å²) in [5, 5.41) is 0.648.